The second-order valence-corrected chi connectivity index (χ2v) is 5.89. The van der Waals surface area contributed by atoms with Gasteiger partial charge in [-0.2, -0.15) is 0 Å². The van der Waals surface area contributed by atoms with Gasteiger partial charge in [-0.25, -0.2) is 13.2 Å². The highest BCUT2D eigenvalue weighted by atomic mass is 19.2. The number of benzene rings is 2. The molecule has 0 heterocycles. The fourth-order valence-electron chi connectivity index (χ4n) is 3.23. The van der Waals surface area contributed by atoms with E-state index in [1.165, 1.54) is 6.07 Å². The summed E-state index contributed by atoms with van der Waals surface area (Å²) in [5.41, 5.74) is 0.410. The molecular weight excluding hydrogens is 261 g/mol. The predicted molar refractivity (Wildman–Crippen MR) is 74.2 cm³/mol. The molecule has 20 heavy (non-hydrogen) atoms. The molecule has 0 radical (unpaired) electrons. The Morgan fingerprint density at radius 3 is 2.35 bits per heavy atom. The largest absolute Gasteiger partial charge is 0.206 e. The van der Waals surface area contributed by atoms with Crippen molar-refractivity contribution in [2.24, 2.45) is 5.92 Å². The van der Waals surface area contributed by atoms with Crippen LogP contribution in [0.4, 0.5) is 13.2 Å². The Morgan fingerprint density at radius 2 is 1.65 bits per heavy atom. The molecule has 0 N–H and O–H groups in total. The normalized spacial score (nSPS) is 23.2. The Morgan fingerprint density at radius 1 is 0.950 bits per heavy atom. The van der Waals surface area contributed by atoms with Crippen LogP contribution in [0.1, 0.15) is 44.1 Å². The Labute approximate surface area is 116 Å². The molecule has 0 bridgehead atoms. The van der Waals surface area contributed by atoms with Crippen molar-refractivity contribution in [3.8, 4) is 0 Å². The molecular formula is C17H17F3. The van der Waals surface area contributed by atoms with Gasteiger partial charge in [0.05, 0.1) is 5.39 Å². The maximum atomic E-state index is 14.3. The van der Waals surface area contributed by atoms with Crippen LogP contribution in [0.5, 0.6) is 0 Å². The van der Waals surface area contributed by atoms with E-state index in [0.29, 0.717) is 16.9 Å². The predicted octanol–water partition coefficient (Wildman–Crippen LogP) is 5.55. The van der Waals surface area contributed by atoms with E-state index in [1.54, 1.807) is 12.1 Å². The summed E-state index contributed by atoms with van der Waals surface area (Å²) in [6.45, 7) is 2.18. The first-order valence-electron chi connectivity index (χ1n) is 7.14. The van der Waals surface area contributed by atoms with Crippen molar-refractivity contribution in [2.45, 2.75) is 38.5 Å². The maximum Gasteiger partial charge on any atom is 0.169 e. The Bertz CT molecular complexity index is 640. The standard InChI is InChI=1S/C17H17F3/c1-10-5-7-11(8-6-10)13-9-12-3-2-4-14(18)15(12)17(20)16(13)19/h2-4,9-11H,5-8H2,1H3. The summed E-state index contributed by atoms with van der Waals surface area (Å²) in [5, 5.41) is 0.204. The molecule has 0 aromatic heterocycles. The average molecular weight is 278 g/mol. The Balaban J connectivity index is 2.10. The van der Waals surface area contributed by atoms with Gasteiger partial charge in [0.15, 0.2) is 11.6 Å². The van der Waals surface area contributed by atoms with Crippen LogP contribution in [-0.4, -0.2) is 0 Å². The quantitative estimate of drug-likeness (QED) is 0.641. The van der Waals surface area contributed by atoms with Crippen LogP contribution in [0.2, 0.25) is 0 Å². The molecule has 3 rings (SSSR count). The molecule has 0 unspecified atom stereocenters. The number of fused-ring (bicyclic) bond motifs is 1. The third-order valence-electron chi connectivity index (χ3n) is 4.48. The second kappa shape index (κ2) is 5.12. The molecule has 1 aliphatic carbocycles. The Hall–Kier alpha value is -1.51. The summed E-state index contributed by atoms with van der Waals surface area (Å²) in [4.78, 5) is 0. The van der Waals surface area contributed by atoms with Gasteiger partial charge in [-0.05, 0) is 47.8 Å². The minimum absolute atomic E-state index is 0.0494. The monoisotopic (exact) mass is 278 g/mol. The van der Waals surface area contributed by atoms with Crippen LogP contribution in [0.25, 0.3) is 10.8 Å². The fourth-order valence-corrected chi connectivity index (χ4v) is 3.23. The number of hydrogen-bond donors (Lipinski definition) is 0. The molecule has 0 aliphatic heterocycles. The zero-order valence-corrected chi connectivity index (χ0v) is 11.4. The highest BCUT2D eigenvalue weighted by Gasteiger charge is 2.25. The summed E-state index contributed by atoms with van der Waals surface area (Å²) in [7, 11) is 0. The molecule has 0 spiro atoms. The van der Waals surface area contributed by atoms with Gasteiger partial charge in [-0.1, -0.05) is 31.9 Å². The van der Waals surface area contributed by atoms with Crippen molar-refractivity contribution in [3.63, 3.8) is 0 Å². The first-order chi connectivity index (χ1) is 9.58. The van der Waals surface area contributed by atoms with Gasteiger partial charge < -0.3 is 0 Å². The maximum absolute atomic E-state index is 14.3. The lowest BCUT2D eigenvalue weighted by atomic mass is 9.79. The summed E-state index contributed by atoms with van der Waals surface area (Å²) in [6.07, 6.45) is 3.82. The fraction of sp³-hybridized carbons (Fsp3) is 0.412. The van der Waals surface area contributed by atoms with E-state index in [9.17, 15) is 13.2 Å². The van der Waals surface area contributed by atoms with E-state index in [0.717, 1.165) is 31.7 Å². The lowest BCUT2D eigenvalue weighted by Gasteiger charge is -2.27. The first-order valence-corrected chi connectivity index (χ1v) is 7.14. The van der Waals surface area contributed by atoms with Gasteiger partial charge in [0.2, 0.25) is 0 Å². The lowest BCUT2D eigenvalue weighted by Crippen LogP contribution is -2.13. The van der Waals surface area contributed by atoms with Crippen LogP contribution in [-0.2, 0) is 0 Å². The van der Waals surface area contributed by atoms with Gasteiger partial charge >= 0.3 is 0 Å². The van der Waals surface area contributed by atoms with Crippen LogP contribution in [0.15, 0.2) is 24.3 Å². The molecule has 0 nitrogen and oxygen atoms in total. The molecule has 0 amide bonds. The van der Waals surface area contributed by atoms with Crippen molar-refractivity contribution in [2.75, 3.05) is 0 Å². The van der Waals surface area contributed by atoms with Crippen molar-refractivity contribution >= 4 is 10.8 Å². The smallest absolute Gasteiger partial charge is 0.169 e. The lowest BCUT2D eigenvalue weighted by molar-refractivity contribution is 0.339. The van der Waals surface area contributed by atoms with E-state index in [2.05, 4.69) is 6.92 Å². The first kappa shape index (κ1) is 13.5. The molecule has 2 aromatic carbocycles. The van der Waals surface area contributed by atoms with Gasteiger partial charge in [-0.15, -0.1) is 0 Å². The van der Waals surface area contributed by atoms with Crippen molar-refractivity contribution < 1.29 is 13.2 Å². The van der Waals surface area contributed by atoms with Crippen LogP contribution < -0.4 is 0 Å². The third kappa shape index (κ3) is 2.19. The van der Waals surface area contributed by atoms with Crippen molar-refractivity contribution in [1.82, 2.24) is 0 Å². The van der Waals surface area contributed by atoms with Crippen LogP contribution in [0, 0.1) is 23.4 Å². The van der Waals surface area contributed by atoms with Gasteiger partial charge in [-0.3, -0.25) is 0 Å². The van der Waals surface area contributed by atoms with Crippen LogP contribution >= 0.6 is 0 Å². The highest BCUT2D eigenvalue weighted by molar-refractivity contribution is 5.84. The number of rotatable bonds is 1. The Kier molecular flexibility index (Phi) is 3.45. The topological polar surface area (TPSA) is 0 Å². The van der Waals surface area contributed by atoms with Crippen molar-refractivity contribution in [3.05, 3.63) is 47.3 Å². The third-order valence-corrected chi connectivity index (χ3v) is 4.48. The molecule has 0 saturated heterocycles. The zero-order valence-electron chi connectivity index (χ0n) is 11.4. The van der Waals surface area contributed by atoms with Crippen molar-refractivity contribution in [1.29, 1.82) is 0 Å². The number of halogens is 3. The SMILES string of the molecule is CC1CCC(c2cc3cccc(F)c3c(F)c2F)CC1. The summed E-state index contributed by atoms with van der Waals surface area (Å²) in [6, 6.07) is 5.95. The molecule has 1 aliphatic rings. The van der Waals surface area contributed by atoms with E-state index in [4.69, 9.17) is 0 Å². The zero-order chi connectivity index (χ0) is 14.3. The van der Waals surface area contributed by atoms with E-state index in [1.807, 2.05) is 0 Å². The molecule has 2 aromatic rings. The second-order valence-electron chi connectivity index (χ2n) is 5.89. The number of hydrogen-bond acceptors (Lipinski definition) is 0. The minimum atomic E-state index is -1.05. The molecule has 1 saturated carbocycles. The van der Waals surface area contributed by atoms with Gasteiger partial charge in [0.1, 0.15) is 5.82 Å². The summed E-state index contributed by atoms with van der Waals surface area (Å²) in [5.74, 6) is -1.93. The van der Waals surface area contributed by atoms with Gasteiger partial charge in [0.25, 0.3) is 0 Å². The van der Waals surface area contributed by atoms with E-state index < -0.39 is 17.5 Å². The van der Waals surface area contributed by atoms with Gasteiger partial charge in [0, 0.05) is 0 Å². The molecule has 1 fully saturated rings. The molecule has 106 valence electrons. The molecule has 3 heteroatoms. The van der Waals surface area contributed by atoms with E-state index >= 15 is 0 Å². The minimum Gasteiger partial charge on any atom is -0.206 e. The molecule has 0 atom stereocenters. The van der Waals surface area contributed by atoms with E-state index in [-0.39, 0.29) is 11.3 Å². The summed E-state index contributed by atoms with van der Waals surface area (Å²) >= 11 is 0. The van der Waals surface area contributed by atoms with Crippen LogP contribution in [0.3, 0.4) is 0 Å². The average Bonchev–Trinajstić information content (AvgIpc) is 2.44. The highest BCUT2D eigenvalue weighted by Crippen LogP contribution is 2.39. The summed E-state index contributed by atoms with van der Waals surface area (Å²) < 4.78 is 42.0.